The zero-order valence-corrected chi connectivity index (χ0v) is 20.9. The SMILES string of the molecule is O=S(=O)(Nc1ccc(Cl)c(-c2ccc3ccccc3n2)c1)c1ccc(N2CCCCS2(=O)=O)cc1. The second-order valence-corrected chi connectivity index (χ2v) is 12.4. The molecule has 0 spiro atoms. The van der Waals surface area contributed by atoms with Crippen LogP contribution in [0.2, 0.25) is 5.02 Å². The fourth-order valence-corrected chi connectivity index (χ4v) is 6.99. The van der Waals surface area contributed by atoms with Gasteiger partial charge >= 0.3 is 0 Å². The van der Waals surface area contributed by atoms with Gasteiger partial charge in [-0.25, -0.2) is 21.8 Å². The third-order valence-electron chi connectivity index (χ3n) is 5.88. The molecule has 1 N–H and O–H groups in total. The number of pyridine rings is 1. The first-order chi connectivity index (χ1) is 16.7. The Labute approximate surface area is 209 Å². The first-order valence-electron chi connectivity index (χ1n) is 11.0. The summed E-state index contributed by atoms with van der Waals surface area (Å²) in [6.45, 7) is 0.392. The number of para-hydroxylation sites is 1. The second-order valence-electron chi connectivity index (χ2n) is 8.28. The lowest BCUT2D eigenvalue weighted by Gasteiger charge is -2.28. The van der Waals surface area contributed by atoms with Gasteiger partial charge in [-0.05, 0) is 67.4 Å². The van der Waals surface area contributed by atoms with Crippen molar-refractivity contribution in [2.45, 2.75) is 17.7 Å². The van der Waals surface area contributed by atoms with E-state index in [-0.39, 0.29) is 10.6 Å². The van der Waals surface area contributed by atoms with E-state index in [4.69, 9.17) is 11.6 Å². The Morgan fingerprint density at radius 2 is 1.69 bits per heavy atom. The number of nitrogens with zero attached hydrogens (tertiary/aromatic N) is 2. The highest BCUT2D eigenvalue weighted by molar-refractivity contribution is 7.93. The molecule has 1 fully saturated rings. The molecule has 35 heavy (non-hydrogen) atoms. The molecule has 0 radical (unpaired) electrons. The predicted molar refractivity (Wildman–Crippen MR) is 140 cm³/mol. The second kappa shape index (κ2) is 9.14. The summed E-state index contributed by atoms with van der Waals surface area (Å²) in [5.41, 5.74) is 2.83. The fourth-order valence-electron chi connectivity index (χ4n) is 4.09. The summed E-state index contributed by atoms with van der Waals surface area (Å²) in [4.78, 5) is 4.68. The minimum absolute atomic E-state index is 0.0241. The van der Waals surface area contributed by atoms with Crippen molar-refractivity contribution < 1.29 is 16.8 Å². The van der Waals surface area contributed by atoms with Crippen molar-refractivity contribution in [2.75, 3.05) is 21.3 Å². The van der Waals surface area contributed by atoms with Crippen LogP contribution < -0.4 is 9.03 Å². The van der Waals surface area contributed by atoms with E-state index >= 15 is 0 Å². The van der Waals surface area contributed by atoms with Gasteiger partial charge in [0.25, 0.3) is 10.0 Å². The van der Waals surface area contributed by atoms with Gasteiger partial charge in [0, 0.05) is 23.2 Å². The van der Waals surface area contributed by atoms with Gasteiger partial charge in [0.05, 0.1) is 32.6 Å². The van der Waals surface area contributed by atoms with Gasteiger partial charge in [-0.15, -0.1) is 0 Å². The summed E-state index contributed by atoms with van der Waals surface area (Å²) in [6.07, 6.45) is 1.40. The van der Waals surface area contributed by atoms with Crippen molar-refractivity contribution in [3.63, 3.8) is 0 Å². The number of fused-ring (bicyclic) bond motifs is 1. The molecule has 7 nitrogen and oxygen atoms in total. The Morgan fingerprint density at radius 3 is 2.46 bits per heavy atom. The van der Waals surface area contributed by atoms with Crippen molar-refractivity contribution >= 4 is 53.9 Å². The third-order valence-corrected chi connectivity index (χ3v) is 9.47. The van der Waals surface area contributed by atoms with Gasteiger partial charge in [0.1, 0.15) is 0 Å². The molecule has 5 rings (SSSR count). The zero-order valence-electron chi connectivity index (χ0n) is 18.6. The maximum atomic E-state index is 13.0. The highest BCUT2D eigenvalue weighted by Crippen LogP contribution is 2.32. The number of nitrogens with one attached hydrogen (secondary N) is 1. The van der Waals surface area contributed by atoms with E-state index in [1.807, 2.05) is 36.4 Å². The van der Waals surface area contributed by atoms with Gasteiger partial charge in [0.15, 0.2) is 0 Å². The van der Waals surface area contributed by atoms with E-state index in [1.165, 1.54) is 28.6 Å². The van der Waals surface area contributed by atoms with Gasteiger partial charge < -0.3 is 0 Å². The van der Waals surface area contributed by atoms with Crippen molar-refractivity contribution in [1.29, 1.82) is 0 Å². The molecule has 0 unspecified atom stereocenters. The topological polar surface area (TPSA) is 96.4 Å². The van der Waals surface area contributed by atoms with Crippen molar-refractivity contribution in [1.82, 2.24) is 4.98 Å². The summed E-state index contributed by atoms with van der Waals surface area (Å²) in [6, 6.07) is 22.2. The van der Waals surface area contributed by atoms with E-state index in [0.29, 0.717) is 40.6 Å². The molecule has 3 aromatic carbocycles. The van der Waals surface area contributed by atoms with Crippen LogP contribution in [0.15, 0.2) is 83.8 Å². The number of anilines is 2. The lowest BCUT2D eigenvalue weighted by atomic mass is 10.1. The van der Waals surface area contributed by atoms with Crippen LogP contribution in [-0.4, -0.2) is 34.1 Å². The van der Waals surface area contributed by atoms with Crippen LogP contribution in [0.5, 0.6) is 0 Å². The van der Waals surface area contributed by atoms with Crippen LogP contribution in [0.3, 0.4) is 0 Å². The molecule has 4 aromatic rings. The number of rotatable bonds is 5. The Balaban J connectivity index is 1.41. The quantitative estimate of drug-likeness (QED) is 0.380. The maximum absolute atomic E-state index is 13.0. The number of hydrogen-bond acceptors (Lipinski definition) is 5. The molecular formula is C25H22ClN3O4S2. The van der Waals surface area contributed by atoms with E-state index in [0.717, 1.165) is 17.3 Å². The minimum atomic E-state index is -3.92. The lowest BCUT2D eigenvalue weighted by molar-refractivity contribution is 0.574. The lowest BCUT2D eigenvalue weighted by Crippen LogP contribution is -2.37. The average molecular weight is 528 g/mol. The summed E-state index contributed by atoms with van der Waals surface area (Å²) in [5.74, 6) is 0.0968. The Morgan fingerprint density at radius 1 is 0.914 bits per heavy atom. The molecule has 1 aliphatic rings. The van der Waals surface area contributed by atoms with Crippen LogP contribution in [-0.2, 0) is 20.0 Å². The smallest absolute Gasteiger partial charge is 0.261 e. The summed E-state index contributed by atoms with van der Waals surface area (Å²) >= 11 is 6.41. The molecule has 0 amide bonds. The van der Waals surface area contributed by atoms with Crippen molar-refractivity contribution in [2.24, 2.45) is 0 Å². The monoisotopic (exact) mass is 527 g/mol. The molecule has 1 saturated heterocycles. The highest BCUT2D eigenvalue weighted by Gasteiger charge is 2.26. The summed E-state index contributed by atoms with van der Waals surface area (Å²) in [7, 11) is -7.29. The van der Waals surface area contributed by atoms with Gasteiger partial charge in [0.2, 0.25) is 10.0 Å². The first kappa shape index (κ1) is 23.6. The Hall–Kier alpha value is -3.14. The molecule has 0 bridgehead atoms. The summed E-state index contributed by atoms with van der Waals surface area (Å²) in [5, 5.41) is 1.44. The first-order valence-corrected chi connectivity index (χ1v) is 14.5. The molecular weight excluding hydrogens is 506 g/mol. The van der Waals surface area contributed by atoms with Crippen LogP contribution in [0, 0.1) is 0 Å². The van der Waals surface area contributed by atoms with Gasteiger partial charge in [-0.3, -0.25) is 9.03 Å². The Bertz CT molecular complexity index is 1620. The molecule has 0 aliphatic carbocycles. The van der Waals surface area contributed by atoms with Crippen LogP contribution in [0.1, 0.15) is 12.8 Å². The molecule has 0 atom stereocenters. The fraction of sp³-hybridized carbons (Fsp3) is 0.160. The highest BCUT2D eigenvalue weighted by atomic mass is 35.5. The summed E-state index contributed by atoms with van der Waals surface area (Å²) < 4.78 is 54.6. The predicted octanol–water partition coefficient (Wildman–Crippen LogP) is 5.29. The number of aromatic nitrogens is 1. The van der Waals surface area contributed by atoms with Crippen molar-refractivity contribution in [3.8, 4) is 11.3 Å². The largest absolute Gasteiger partial charge is 0.280 e. The molecule has 1 aromatic heterocycles. The molecule has 180 valence electrons. The van der Waals surface area contributed by atoms with Gasteiger partial charge in [-0.1, -0.05) is 35.9 Å². The molecule has 2 heterocycles. The number of benzene rings is 3. The van der Waals surface area contributed by atoms with E-state index in [2.05, 4.69) is 9.71 Å². The van der Waals surface area contributed by atoms with E-state index < -0.39 is 20.0 Å². The number of hydrogen-bond donors (Lipinski definition) is 1. The van der Waals surface area contributed by atoms with E-state index in [9.17, 15) is 16.8 Å². The average Bonchev–Trinajstić information content (AvgIpc) is 2.84. The Kier molecular flexibility index (Phi) is 6.16. The number of halogens is 1. The van der Waals surface area contributed by atoms with Crippen LogP contribution in [0.25, 0.3) is 22.2 Å². The van der Waals surface area contributed by atoms with Crippen molar-refractivity contribution in [3.05, 3.63) is 83.9 Å². The molecule has 10 heteroatoms. The van der Waals surface area contributed by atoms with Gasteiger partial charge in [-0.2, -0.15) is 0 Å². The standard InChI is InChI=1S/C25H22ClN3O4S2/c26-23-13-8-19(17-22(23)25-14-7-18-5-1-2-6-24(18)27-25)28-35(32,33)21-11-9-20(10-12-21)29-15-3-4-16-34(29,30)31/h1-2,5-14,17,28H,3-4,15-16H2. The van der Waals surface area contributed by atoms with E-state index in [1.54, 1.807) is 18.2 Å². The normalized spacial score (nSPS) is 15.7. The maximum Gasteiger partial charge on any atom is 0.261 e. The third kappa shape index (κ3) is 4.84. The zero-order chi connectivity index (χ0) is 24.6. The molecule has 0 saturated carbocycles. The van der Waals surface area contributed by atoms with Crippen LogP contribution in [0.4, 0.5) is 11.4 Å². The van der Waals surface area contributed by atoms with Crippen LogP contribution >= 0.6 is 11.6 Å². The minimum Gasteiger partial charge on any atom is -0.280 e. The molecule has 1 aliphatic heterocycles. The number of sulfonamides is 2.